The van der Waals surface area contributed by atoms with Crippen molar-refractivity contribution in [2.45, 2.75) is 24.9 Å². The molecule has 9 N–H and O–H groups in total. The van der Waals surface area contributed by atoms with E-state index in [1.54, 1.807) is 0 Å². The lowest BCUT2D eigenvalue weighted by Gasteiger charge is -2.21. The fraction of sp³-hybridized carbons (Fsp3) is 0.467. The summed E-state index contributed by atoms with van der Waals surface area (Å²) in [5, 5.41) is 3.30. The largest absolute Gasteiger partial charge is 0.490 e. The maximum absolute atomic E-state index is 12.5. The van der Waals surface area contributed by atoms with Crippen LogP contribution in [-0.4, -0.2) is 66.2 Å². The van der Waals surface area contributed by atoms with E-state index >= 15 is 0 Å². The summed E-state index contributed by atoms with van der Waals surface area (Å²) in [7, 11) is -16.8. The Morgan fingerprint density at radius 2 is 2.00 bits per heavy atom. The molecular formula is C15H21N8O13P3. The van der Waals surface area contributed by atoms with E-state index in [1.165, 1.54) is 10.8 Å². The second kappa shape index (κ2) is 12.3. The maximum atomic E-state index is 12.5. The van der Waals surface area contributed by atoms with E-state index in [1.807, 2.05) is 0 Å². The lowest BCUT2D eigenvalue weighted by Crippen LogP contribution is -2.29. The van der Waals surface area contributed by atoms with Gasteiger partial charge in [0.05, 0.1) is 30.2 Å². The number of H-pyrrole nitrogens is 1. The van der Waals surface area contributed by atoms with Gasteiger partial charge in [-0.15, -0.1) is 0 Å². The Balaban J connectivity index is 1.87. The number of hydrogen-bond acceptors (Lipinski definition) is 13. The number of phosphoric acid groups is 3. The number of aromatic nitrogens is 3. The van der Waals surface area contributed by atoms with Crippen LogP contribution < -0.4 is 17.0 Å². The highest BCUT2D eigenvalue weighted by Crippen LogP contribution is 2.66. The number of nitrogens with zero attached hydrogens (tertiary/aromatic N) is 5. The number of anilines is 1. The van der Waals surface area contributed by atoms with Crippen LogP contribution in [0.4, 0.5) is 5.95 Å². The van der Waals surface area contributed by atoms with Gasteiger partial charge in [0, 0.05) is 17.5 Å². The molecule has 0 saturated carbocycles. The molecule has 0 bridgehead atoms. The zero-order chi connectivity index (χ0) is 29.0. The monoisotopic (exact) mass is 614 g/mol. The van der Waals surface area contributed by atoms with E-state index in [4.69, 9.17) is 36.3 Å². The maximum Gasteiger partial charge on any atom is 0.490 e. The van der Waals surface area contributed by atoms with Crippen LogP contribution in [0.1, 0.15) is 18.2 Å². The molecule has 0 amide bonds. The molecule has 2 unspecified atom stereocenters. The van der Waals surface area contributed by atoms with Crippen LogP contribution in [0, 0.1) is 11.8 Å². The number of hydrogen-bond donors (Lipinski definition) is 7. The van der Waals surface area contributed by atoms with E-state index in [-0.39, 0.29) is 35.5 Å². The van der Waals surface area contributed by atoms with Crippen molar-refractivity contribution in [1.29, 1.82) is 0 Å². The van der Waals surface area contributed by atoms with Crippen LogP contribution in [0.5, 0.6) is 0 Å². The minimum atomic E-state index is -5.74. The van der Waals surface area contributed by atoms with Crippen LogP contribution in [0.2, 0.25) is 0 Å². The first-order valence-electron chi connectivity index (χ1n) is 10.3. The number of ether oxygens (including phenoxy) is 2. The van der Waals surface area contributed by atoms with Gasteiger partial charge in [-0.2, -0.15) is 13.6 Å². The summed E-state index contributed by atoms with van der Waals surface area (Å²) < 4.78 is 59.1. The molecule has 1 aliphatic heterocycles. The SMILES string of the molecule is [N-]=[N+]=NCO[C@H]1C[C@@H](n2cc(C#CCN)c3c(=O)[nH]c(N)nc32)O[C@H]1COP(=O)(O)OP(=O)(O)OP(=O)(O)O. The number of rotatable bonds is 11. The molecule has 39 heavy (non-hydrogen) atoms. The predicted octanol–water partition coefficient (Wildman–Crippen LogP) is -0.0992. The summed E-state index contributed by atoms with van der Waals surface area (Å²) >= 11 is 0. The van der Waals surface area contributed by atoms with Crippen molar-refractivity contribution >= 4 is 40.4 Å². The van der Waals surface area contributed by atoms with Crippen LogP contribution >= 0.6 is 23.5 Å². The van der Waals surface area contributed by atoms with Crippen molar-refractivity contribution in [2.24, 2.45) is 10.8 Å². The first kappa shape index (κ1) is 30.9. The molecule has 21 nitrogen and oxygen atoms in total. The molecule has 0 spiro atoms. The number of aromatic amines is 1. The summed E-state index contributed by atoms with van der Waals surface area (Å²) in [6.45, 7) is -1.35. The molecule has 24 heteroatoms. The van der Waals surface area contributed by atoms with Gasteiger partial charge >= 0.3 is 23.5 Å². The van der Waals surface area contributed by atoms with Gasteiger partial charge in [-0.1, -0.05) is 17.0 Å². The molecule has 1 saturated heterocycles. The molecule has 2 aromatic rings. The summed E-state index contributed by atoms with van der Waals surface area (Å²) in [5.41, 5.74) is 19.3. The average Bonchev–Trinajstić information content (AvgIpc) is 3.35. The lowest BCUT2D eigenvalue weighted by atomic mass is 10.2. The van der Waals surface area contributed by atoms with E-state index in [0.29, 0.717) is 0 Å². The van der Waals surface area contributed by atoms with Gasteiger partial charge < -0.3 is 45.1 Å². The highest BCUT2D eigenvalue weighted by Gasteiger charge is 2.43. The molecule has 2 aromatic heterocycles. The number of fused-ring (bicyclic) bond motifs is 1. The van der Waals surface area contributed by atoms with E-state index in [0.717, 1.165) is 0 Å². The standard InChI is InChI=1S/C15H21N8O13P3/c16-3-1-2-8-5-23(13-12(8)14(24)21-15(17)20-13)11-4-9(32-7-19-22-18)10(34-11)6-33-38(28,29)36-39(30,31)35-37(25,26)27/h5,9-11H,3-4,6-7,16H2,(H,28,29)(H,30,31)(H2,25,26,27)(H3,17,20,21,24)/t9-,10-,11-/m0/s1. The minimum absolute atomic E-state index is 0.00902. The summed E-state index contributed by atoms with van der Waals surface area (Å²) in [6.07, 6.45) is -1.82. The van der Waals surface area contributed by atoms with E-state index < -0.39 is 60.8 Å². The molecule has 0 aliphatic carbocycles. The molecule has 0 radical (unpaired) electrons. The predicted molar refractivity (Wildman–Crippen MR) is 128 cm³/mol. The van der Waals surface area contributed by atoms with Crippen molar-refractivity contribution in [3.05, 3.63) is 32.6 Å². The Bertz CT molecular complexity index is 1540. The average molecular weight is 614 g/mol. The topological polar surface area (TPSA) is 330 Å². The van der Waals surface area contributed by atoms with Gasteiger partial charge in [-0.25, -0.2) is 13.7 Å². The zero-order valence-electron chi connectivity index (χ0n) is 19.3. The van der Waals surface area contributed by atoms with Crippen molar-refractivity contribution in [2.75, 3.05) is 25.6 Å². The summed E-state index contributed by atoms with van der Waals surface area (Å²) in [6, 6.07) is 0. The Labute approximate surface area is 217 Å². The quantitative estimate of drug-likeness (QED) is 0.0571. The fourth-order valence-corrected chi connectivity index (χ4v) is 6.49. The third-order valence-corrected chi connectivity index (χ3v) is 8.55. The van der Waals surface area contributed by atoms with Crippen LogP contribution in [0.3, 0.4) is 0 Å². The van der Waals surface area contributed by atoms with Crippen molar-refractivity contribution < 1.29 is 55.9 Å². The van der Waals surface area contributed by atoms with Gasteiger partial charge in [-0.3, -0.25) is 14.3 Å². The Morgan fingerprint density at radius 3 is 2.64 bits per heavy atom. The Morgan fingerprint density at radius 1 is 1.28 bits per heavy atom. The van der Waals surface area contributed by atoms with Crippen LogP contribution in [0.25, 0.3) is 21.5 Å². The van der Waals surface area contributed by atoms with Crippen molar-refractivity contribution in [3.63, 3.8) is 0 Å². The second-order valence-corrected chi connectivity index (χ2v) is 11.8. The molecular weight excluding hydrogens is 593 g/mol. The van der Waals surface area contributed by atoms with Crippen LogP contribution in [-0.2, 0) is 36.3 Å². The van der Waals surface area contributed by atoms with Gasteiger partial charge in [0.25, 0.3) is 5.56 Å². The van der Waals surface area contributed by atoms with Crippen molar-refractivity contribution in [3.8, 4) is 11.8 Å². The van der Waals surface area contributed by atoms with E-state index in [2.05, 4.69) is 45.0 Å². The number of nitrogens with two attached hydrogens (primary N) is 2. The summed E-state index contributed by atoms with van der Waals surface area (Å²) in [4.78, 5) is 57.9. The molecule has 3 rings (SSSR count). The summed E-state index contributed by atoms with van der Waals surface area (Å²) in [5.74, 6) is 5.12. The third kappa shape index (κ3) is 8.43. The highest BCUT2D eigenvalue weighted by molar-refractivity contribution is 7.66. The molecule has 0 aromatic carbocycles. The minimum Gasteiger partial charge on any atom is -0.369 e. The number of phosphoric ester groups is 1. The highest BCUT2D eigenvalue weighted by atomic mass is 31.3. The molecule has 3 heterocycles. The first-order chi connectivity index (χ1) is 18.1. The number of nitrogen functional groups attached to an aromatic ring is 1. The van der Waals surface area contributed by atoms with Gasteiger partial charge in [0.2, 0.25) is 5.95 Å². The van der Waals surface area contributed by atoms with Gasteiger partial charge in [0.1, 0.15) is 19.1 Å². The molecule has 5 atom stereocenters. The number of nitrogens with one attached hydrogen (secondary N) is 1. The van der Waals surface area contributed by atoms with Crippen molar-refractivity contribution in [1.82, 2.24) is 14.5 Å². The molecule has 214 valence electrons. The third-order valence-electron chi connectivity index (χ3n) is 4.74. The lowest BCUT2D eigenvalue weighted by molar-refractivity contribution is -0.0581. The first-order valence-corrected chi connectivity index (χ1v) is 14.8. The second-order valence-electron chi connectivity index (χ2n) is 7.42. The normalized spacial score (nSPS) is 22.4. The smallest absolute Gasteiger partial charge is 0.369 e. The van der Waals surface area contributed by atoms with Gasteiger partial charge in [0.15, 0.2) is 5.65 Å². The zero-order valence-corrected chi connectivity index (χ0v) is 22.0. The fourth-order valence-electron chi connectivity index (χ4n) is 3.46. The number of azide groups is 1. The Kier molecular flexibility index (Phi) is 9.73. The molecule has 1 aliphatic rings. The van der Waals surface area contributed by atoms with Crippen LogP contribution in [0.15, 0.2) is 16.1 Å². The van der Waals surface area contributed by atoms with E-state index in [9.17, 15) is 28.3 Å². The van der Waals surface area contributed by atoms with Gasteiger partial charge in [-0.05, 0) is 5.53 Å². The Hall–Kier alpha value is -2.62. The molecule has 1 fully saturated rings.